The molecule has 2 aromatic carbocycles. The summed E-state index contributed by atoms with van der Waals surface area (Å²) in [5.74, 6) is 1.42. The molecule has 168 valence electrons. The lowest BCUT2D eigenvalue weighted by Crippen LogP contribution is -2.14. The molecule has 0 saturated heterocycles. The van der Waals surface area contributed by atoms with Crippen molar-refractivity contribution < 1.29 is 4.79 Å². The van der Waals surface area contributed by atoms with Crippen LogP contribution in [0, 0.1) is 0 Å². The second kappa shape index (κ2) is 10.2. The summed E-state index contributed by atoms with van der Waals surface area (Å²) in [5, 5.41) is 12.4. The maximum atomic E-state index is 12.5. The van der Waals surface area contributed by atoms with Crippen molar-refractivity contribution in [2.45, 2.75) is 57.7 Å². The smallest absolute Gasteiger partial charge is 0.234 e. The molecule has 3 aromatic rings. The number of amides is 1. The predicted molar refractivity (Wildman–Crippen MR) is 134 cm³/mol. The number of nitrogens with zero attached hydrogens (tertiary/aromatic N) is 3. The maximum absolute atomic E-state index is 12.5. The number of thioether (sulfide) groups is 1. The molecular formula is C26H32N4OS. The van der Waals surface area contributed by atoms with Crippen LogP contribution >= 0.6 is 11.8 Å². The molecule has 0 aliphatic carbocycles. The van der Waals surface area contributed by atoms with E-state index in [2.05, 4.69) is 81.0 Å². The van der Waals surface area contributed by atoms with E-state index < -0.39 is 0 Å². The summed E-state index contributed by atoms with van der Waals surface area (Å²) in [5.41, 5.74) is 4.40. The Bertz CT molecular complexity index is 1060. The van der Waals surface area contributed by atoms with Crippen LogP contribution in [0.3, 0.4) is 0 Å². The van der Waals surface area contributed by atoms with Crippen LogP contribution in [0.4, 0.5) is 5.69 Å². The highest BCUT2D eigenvalue weighted by atomic mass is 32.2. The van der Waals surface area contributed by atoms with Gasteiger partial charge in [-0.05, 0) is 34.6 Å². The highest BCUT2D eigenvalue weighted by Gasteiger charge is 2.17. The summed E-state index contributed by atoms with van der Waals surface area (Å²) in [4.78, 5) is 12.5. The number of allylic oxidation sites excluding steroid dienone is 1. The Labute approximate surface area is 195 Å². The third-order valence-corrected chi connectivity index (χ3v) is 6.20. The monoisotopic (exact) mass is 448 g/mol. The lowest BCUT2D eigenvalue weighted by atomic mass is 9.87. The van der Waals surface area contributed by atoms with Crippen molar-refractivity contribution in [2.75, 3.05) is 11.1 Å². The van der Waals surface area contributed by atoms with Gasteiger partial charge in [0.2, 0.25) is 5.91 Å². The molecule has 1 heterocycles. The van der Waals surface area contributed by atoms with Crippen LogP contribution in [0.25, 0.3) is 11.4 Å². The largest absolute Gasteiger partial charge is 0.325 e. The Balaban J connectivity index is 1.70. The number of benzene rings is 2. The van der Waals surface area contributed by atoms with Crippen molar-refractivity contribution in [3.05, 3.63) is 72.3 Å². The molecule has 0 fully saturated rings. The van der Waals surface area contributed by atoms with Crippen molar-refractivity contribution in [1.29, 1.82) is 0 Å². The van der Waals surface area contributed by atoms with Crippen LogP contribution in [0.15, 0.2) is 66.3 Å². The van der Waals surface area contributed by atoms with Crippen molar-refractivity contribution in [3.63, 3.8) is 0 Å². The molecule has 0 aliphatic rings. The lowest BCUT2D eigenvalue weighted by Gasteiger charge is -2.19. The highest BCUT2D eigenvalue weighted by molar-refractivity contribution is 7.99. The van der Waals surface area contributed by atoms with Gasteiger partial charge in [-0.25, -0.2) is 0 Å². The van der Waals surface area contributed by atoms with Gasteiger partial charge in [-0.2, -0.15) is 0 Å². The molecule has 0 unspecified atom stereocenters. The van der Waals surface area contributed by atoms with Gasteiger partial charge in [0, 0.05) is 17.8 Å². The summed E-state index contributed by atoms with van der Waals surface area (Å²) in [6.45, 7) is 15.3. The summed E-state index contributed by atoms with van der Waals surface area (Å²) in [7, 11) is 0. The molecule has 0 aliphatic heterocycles. The quantitative estimate of drug-likeness (QED) is 0.325. The minimum atomic E-state index is -0.0727. The maximum Gasteiger partial charge on any atom is 0.234 e. The first-order valence-electron chi connectivity index (χ1n) is 10.9. The zero-order valence-corrected chi connectivity index (χ0v) is 20.4. The molecular weight excluding hydrogens is 416 g/mol. The Morgan fingerprint density at radius 2 is 1.75 bits per heavy atom. The molecule has 32 heavy (non-hydrogen) atoms. The molecule has 0 spiro atoms. The number of aromatic nitrogens is 3. The Kier molecular flexibility index (Phi) is 7.56. The Morgan fingerprint density at radius 3 is 2.31 bits per heavy atom. The molecule has 1 amide bonds. The van der Waals surface area contributed by atoms with Crippen molar-refractivity contribution in [1.82, 2.24) is 14.8 Å². The molecule has 6 heteroatoms. The third-order valence-electron chi connectivity index (χ3n) is 5.23. The second-order valence-electron chi connectivity index (χ2n) is 9.15. The van der Waals surface area contributed by atoms with E-state index in [0.717, 1.165) is 17.1 Å². The van der Waals surface area contributed by atoms with Gasteiger partial charge >= 0.3 is 0 Å². The van der Waals surface area contributed by atoms with E-state index in [0.29, 0.717) is 17.6 Å². The molecule has 1 aromatic heterocycles. The first-order chi connectivity index (χ1) is 15.2. The normalized spacial score (nSPS) is 11.6. The van der Waals surface area contributed by atoms with E-state index in [1.165, 1.54) is 22.9 Å². The molecule has 1 N–H and O–H groups in total. The van der Waals surface area contributed by atoms with E-state index in [1.54, 1.807) is 0 Å². The van der Waals surface area contributed by atoms with Gasteiger partial charge in [-0.15, -0.1) is 16.8 Å². The van der Waals surface area contributed by atoms with Crippen LogP contribution in [0.1, 0.15) is 51.7 Å². The average molecular weight is 449 g/mol. The van der Waals surface area contributed by atoms with Crippen molar-refractivity contribution in [2.24, 2.45) is 0 Å². The molecule has 0 saturated carbocycles. The minimum Gasteiger partial charge on any atom is -0.325 e. The average Bonchev–Trinajstić information content (AvgIpc) is 3.15. The summed E-state index contributed by atoms with van der Waals surface area (Å²) in [6, 6.07) is 16.4. The van der Waals surface area contributed by atoms with Gasteiger partial charge in [0.1, 0.15) is 0 Å². The van der Waals surface area contributed by atoms with E-state index >= 15 is 0 Å². The van der Waals surface area contributed by atoms with Gasteiger partial charge in [-0.3, -0.25) is 9.36 Å². The lowest BCUT2D eigenvalue weighted by molar-refractivity contribution is -0.113. The predicted octanol–water partition coefficient (Wildman–Crippen LogP) is 6.28. The van der Waals surface area contributed by atoms with E-state index in [9.17, 15) is 4.79 Å². The van der Waals surface area contributed by atoms with Crippen molar-refractivity contribution >= 4 is 23.4 Å². The van der Waals surface area contributed by atoms with Crippen LogP contribution in [-0.4, -0.2) is 26.4 Å². The van der Waals surface area contributed by atoms with Crippen LogP contribution in [0.2, 0.25) is 0 Å². The number of nitrogens with one attached hydrogen (secondary N) is 1. The van der Waals surface area contributed by atoms with Gasteiger partial charge in [0.05, 0.1) is 5.75 Å². The number of carbonyl (C=O) groups excluding carboxylic acids is 1. The summed E-state index contributed by atoms with van der Waals surface area (Å²) < 4.78 is 1.99. The topological polar surface area (TPSA) is 59.8 Å². The van der Waals surface area contributed by atoms with Gasteiger partial charge in [-0.1, -0.05) is 88.9 Å². The fourth-order valence-corrected chi connectivity index (χ4v) is 4.05. The SMILES string of the molecule is C=CCn1c(SCC(=O)Nc2ccc(C(C)C)cc2)nnc1-c1ccc(C(C)(C)C)cc1. The van der Waals surface area contributed by atoms with Gasteiger partial charge in [0.25, 0.3) is 0 Å². The van der Waals surface area contributed by atoms with E-state index in [4.69, 9.17) is 0 Å². The molecule has 0 atom stereocenters. The van der Waals surface area contributed by atoms with Crippen molar-refractivity contribution in [3.8, 4) is 11.4 Å². The number of hydrogen-bond acceptors (Lipinski definition) is 4. The van der Waals surface area contributed by atoms with E-state index in [-0.39, 0.29) is 17.1 Å². The summed E-state index contributed by atoms with van der Waals surface area (Å²) >= 11 is 1.37. The minimum absolute atomic E-state index is 0.0727. The zero-order valence-electron chi connectivity index (χ0n) is 19.6. The number of anilines is 1. The standard InChI is InChI=1S/C26H32N4OS/c1-7-16-30-24(20-8-12-21(13-9-20)26(4,5)6)28-29-25(30)32-17-23(31)27-22-14-10-19(11-15-22)18(2)3/h7-15,18H,1,16-17H2,2-6H3,(H,27,31). The number of hydrogen-bond donors (Lipinski definition) is 1. The van der Waals surface area contributed by atoms with Crippen LogP contribution in [0.5, 0.6) is 0 Å². The van der Waals surface area contributed by atoms with Gasteiger partial charge < -0.3 is 5.32 Å². The van der Waals surface area contributed by atoms with E-state index in [1.807, 2.05) is 34.9 Å². The fourth-order valence-electron chi connectivity index (χ4n) is 3.30. The first kappa shape index (κ1) is 23.8. The van der Waals surface area contributed by atoms with Crippen LogP contribution < -0.4 is 5.32 Å². The zero-order chi connectivity index (χ0) is 23.3. The molecule has 3 rings (SSSR count). The Morgan fingerprint density at radius 1 is 1.09 bits per heavy atom. The van der Waals surface area contributed by atoms with Gasteiger partial charge in [0.15, 0.2) is 11.0 Å². The molecule has 0 radical (unpaired) electrons. The number of carbonyl (C=O) groups is 1. The molecule has 0 bridgehead atoms. The Hall–Kier alpha value is -2.86. The second-order valence-corrected chi connectivity index (χ2v) is 10.1. The summed E-state index contributed by atoms with van der Waals surface area (Å²) in [6.07, 6.45) is 1.82. The molecule has 5 nitrogen and oxygen atoms in total. The number of rotatable bonds is 8. The fraction of sp³-hybridized carbons (Fsp3) is 0.346. The third kappa shape index (κ3) is 5.88. The first-order valence-corrected chi connectivity index (χ1v) is 11.8. The van der Waals surface area contributed by atoms with Crippen LogP contribution in [-0.2, 0) is 16.8 Å². The highest BCUT2D eigenvalue weighted by Crippen LogP contribution is 2.28.